The second-order valence-corrected chi connectivity index (χ2v) is 5.50. The van der Waals surface area contributed by atoms with Gasteiger partial charge in [-0.15, -0.1) is 0 Å². The number of hydrogen-bond donors (Lipinski definition) is 1. The lowest BCUT2D eigenvalue weighted by molar-refractivity contribution is -0.0164. The molecule has 1 heterocycles. The third-order valence-corrected chi connectivity index (χ3v) is 3.14. The molecule has 1 aliphatic rings. The molecule has 1 rings (SSSR count). The van der Waals surface area contributed by atoms with Crippen LogP contribution in [0.4, 0.5) is 8.78 Å². The molecule has 0 aliphatic carbocycles. The van der Waals surface area contributed by atoms with Gasteiger partial charge in [0.05, 0.1) is 12.1 Å². The summed E-state index contributed by atoms with van der Waals surface area (Å²) in [5, 5.41) is 9.76. The Labute approximate surface area is 102 Å². The largest absolute Gasteiger partial charge is 0.389 e. The lowest BCUT2D eigenvalue weighted by atomic mass is 10.1. The van der Waals surface area contributed by atoms with Gasteiger partial charge in [-0.2, -0.15) is 0 Å². The van der Waals surface area contributed by atoms with Crippen LogP contribution in [0.1, 0.15) is 27.2 Å². The van der Waals surface area contributed by atoms with Gasteiger partial charge in [-0.25, -0.2) is 8.78 Å². The van der Waals surface area contributed by atoms with Gasteiger partial charge in [0.1, 0.15) is 0 Å². The maximum atomic E-state index is 12.4. The second-order valence-electron chi connectivity index (χ2n) is 5.50. The molecule has 0 radical (unpaired) electrons. The van der Waals surface area contributed by atoms with E-state index in [1.165, 1.54) is 0 Å². The minimum absolute atomic E-state index is 0.130. The van der Waals surface area contributed by atoms with E-state index in [-0.39, 0.29) is 12.6 Å². The Morgan fingerprint density at radius 1 is 1.35 bits per heavy atom. The number of aliphatic hydroxyl groups is 1. The fourth-order valence-electron chi connectivity index (χ4n) is 2.45. The van der Waals surface area contributed by atoms with E-state index < -0.39 is 12.0 Å². The van der Waals surface area contributed by atoms with Crippen molar-refractivity contribution in [3.8, 4) is 0 Å². The summed E-state index contributed by atoms with van der Waals surface area (Å²) >= 11 is 0. The van der Waals surface area contributed by atoms with Gasteiger partial charge in [-0.3, -0.25) is 9.80 Å². The second kappa shape index (κ2) is 6.07. The lowest BCUT2D eigenvalue weighted by Crippen LogP contribution is -2.56. The summed E-state index contributed by atoms with van der Waals surface area (Å²) in [6.07, 6.45) is -1.39. The Balaban J connectivity index is 2.48. The van der Waals surface area contributed by atoms with E-state index in [4.69, 9.17) is 0 Å². The molecule has 0 amide bonds. The predicted octanol–water partition coefficient (Wildman–Crippen LogP) is 1.42. The highest BCUT2D eigenvalue weighted by molar-refractivity contribution is 4.84. The van der Waals surface area contributed by atoms with Crippen molar-refractivity contribution in [2.75, 3.05) is 32.7 Å². The standard InChI is InChI=1S/C12H24F2N2O/c1-4-10-7-15(9-12(2,3)17)5-6-16(10)8-11(13)14/h10-11,17H,4-9H2,1-3H3. The highest BCUT2D eigenvalue weighted by atomic mass is 19.3. The molecule has 3 nitrogen and oxygen atoms in total. The predicted molar refractivity (Wildman–Crippen MR) is 64.4 cm³/mol. The molecule has 0 aromatic rings. The Morgan fingerprint density at radius 3 is 2.47 bits per heavy atom. The molecule has 102 valence electrons. The minimum Gasteiger partial charge on any atom is -0.389 e. The van der Waals surface area contributed by atoms with Gasteiger partial charge in [0.15, 0.2) is 0 Å². The Kier molecular flexibility index (Phi) is 5.28. The molecular formula is C12H24F2N2O. The van der Waals surface area contributed by atoms with Crippen molar-refractivity contribution < 1.29 is 13.9 Å². The van der Waals surface area contributed by atoms with Gasteiger partial charge in [0.25, 0.3) is 6.43 Å². The van der Waals surface area contributed by atoms with Crippen molar-refractivity contribution in [2.24, 2.45) is 0 Å². The maximum absolute atomic E-state index is 12.4. The summed E-state index contributed by atoms with van der Waals surface area (Å²) in [4.78, 5) is 4.03. The average Bonchev–Trinajstić information content (AvgIpc) is 2.17. The van der Waals surface area contributed by atoms with Crippen molar-refractivity contribution in [2.45, 2.75) is 45.3 Å². The number of halogens is 2. The van der Waals surface area contributed by atoms with Crippen LogP contribution in [0.15, 0.2) is 0 Å². The van der Waals surface area contributed by atoms with Crippen LogP contribution in [0, 0.1) is 0 Å². The molecule has 1 aliphatic heterocycles. The Morgan fingerprint density at radius 2 is 2.00 bits per heavy atom. The summed E-state index contributed by atoms with van der Waals surface area (Å²) < 4.78 is 24.8. The first-order valence-corrected chi connectivity index (χ1v) is 6.28. The van der Waals surface area contributed by atoms with Gasteiger partial charge in [-0.05, 0) is 20.3 Å². The van der Waals surface area contributed by atoms with E-state index in [0.717, 1.165) is 19.5 Å². The van der Waals surface area contributed by atoms with Crippen LogP contribution >= 0.6 is 0 Å². The smallest absolute Gasteiger partial charge is 0.251 e. The highest BCUT2D eigenvalue weighted by Gasteiger charge is 2.29. The Hall–Kier alpha value is -0.260. The topological polar surface area (TPSA) is 26.7 Å². The number of β-amino-alcohol motifs (C(OH)–C–C–N with tert-alkyl or cyclic N) is 1. The third-order valence-electron chi connectivity index (χ3n) is 3.14. The third kappa shape index (κ3) is 5.27. The fraction of sp³-hybridized carbons (Fsp3) is 1.00. The normalized spacial score (nSPS) is 24.5. The summed E-state index contributed by atoms with van der Waals surface area (Å²) in [5.74, 6) is 0. The summed E-state index contributed by atoms with van der Waals surface area (Å²) in [6.45, 7) is 8.25. The molecule has 1 fully saturated rings. The van der Waals surface area contributed by atoms with Crippen molar-refractivity contribution in [1.82, 2.24) is 9.80 Å². The lowest BCUT2D eigenvalue weighted by Gasteiger charge is -2.42. The number of alkyl halides is 2. The molecule has 0 aromatic heterocycles. The molecule has 1 N–H and O–H groups in total. The summed E-state index contributed by atoms with van der Waals surface area (Å²) in [6, 6.07) is 0.181. The molecule has 5 heteroatoms. The number of rotatable bonds is 5. The van der Waals surface area contributed by atoms with Crippen LogP contribution in [0.25, 0.3) is 0 Å². The van der Waals surface area contributed by atoms with Crippen molar-refractivity contribution in [1.29, 1.82) is 0 Å². The van der Waals surface area contributed by atoms with Gasteiger partial charge >= 0.3 is 0 Å². The van der Waals surface area contributed by atoms with Gasteiger partial charge in [-0.1, -0.05) is 6.92 Å². The van der Waals surface area contributed by atoms with E-state index in [2.05, 4.69) is 4.90 Å². The van der Waals surface area contributed by atoms with E-state index in [1.807, 2.05) is 11.8 Å². The van der Waals surface area contributed by atoms with E-state index >= 15 is 0 Å². The summed E-state index contributed by atoms with van der Waals surface area (Å²) in [5.41, 5.74) is -0.719. The molecule has 1 atom stereocenters. The molecule has 0 saturated carbocycles. The van der Waals surface area contributed by atoms with Crippen molar-refractivity contribution in [3.05, 3.63) is 0 Å². The summed E-state index contributed by atoms with van der Waals surface area (Å²) in [7, 11) is 0. The van der Waals surface area contributed by atoms with E-state index in [0.29, 0.717) is 13.1 Å². The Bertz CT molecular complexity index is 231. The van der Waals surface area contributed by atoms with E-state index in [1.54, 1.807) is 13.8 Å². The quantitative estimate of drug-likeness (QED) is 0.799. The number of hydrogen-bond acceptors (Lipinski definition) is 3. The zero-order chi connectivity index (χ0) is 13.1. The van der Waals surface area contributed by atoms with Gasteiger partial charge < -0.3 is 5.11 Å². The molecule has 0 spiro atoms. The molecule has 1 unspecified atom stereocenters. The first kappa shape index (κ1) is 14.8. The number of piperazine rings is 1. The zero-order valence-electron chi connectivity index (χ0n) is 11.0. The molecule has 0 aromatic carbocycles. The minimum atomic E-state index is -2.26. The monoisotopic (exact) mass is 250 g/mol. The van der Waals surface area contributed by atoms with E-state index in [9.17, 15) is 13.9 Å². The van der Waals surface area contributed by atoms with Crippen LogP contribution < -0.4 is 0 Å². The van der Waals surface area contributed by atoms with Crippen molar-refractivity contribution in [3.63, 3.8) is 0 Å². The maximum Gasteiger partial charge on any atom is 0.251 e. The zero-order valence-corrected chi connectivity index (χ0v) is 11.0. The first-order valence-electron chi connectivity index (χ1n) is 6.28. The number of nitrogens with zero attached hydrogens (tertiary/aromatic N) is 2. The molecule has 0 bridgehead atoms. The van der Waals surface area contributed by atoms with Crippen LogP contribution in [0.3, 0.4) is 0 Å². The van der Waals surface area contributed by atoms with Crippen molar-refractivity contribution >= 4 is 0 Å². The van der Waals surface area contributed by atoms with Crippen LogP contribution in [-0.2, 0) is 0 Å². The van der Waals surface area contributed by atoms with Crippen LogP contribution in [-0.4, -0.2) is 65.7 Å². The van der Waals surface area contributed by atoms with Gasteiger partial charge in [0, 0.05) is 32.2 Å². The van der Waals surface area contributed by atoms with Crippen LogP contribution in [0.5, 0.6) is 0 Å². The highest BCUT2D eigenvalue weighted by Crippen LogP contribution is 2.16. The van der Waals surface area contributed by atoms with Crippen LogP contribution in [0.2, 0.25) is 0 Å². The average molecular weight is 250 g/mol. The molecule has 1 saturated heterocycles. The van der Waals surface area contributed by atoms with Gasteiger partial charge in [0.2, 0.25) is 0 Å². The molecular weight excluding hydrogens is 226 g/mol. The molecule has 17 heavy (non-hydrogen) atoms. The first-order chi connectivity index (χ1) is 7.81. The fourth-order valence-corrected chi connectivity index (χ4v) is 2.45. The SMILES string of the molecule is CCC1CN(CC(C)(C)O)CCN1CC(F)F.